The summed E-state index contributed by atoms with van der Waals surface area (Å²) in [4.78, 5) is 13.4. The van der Waals surface area contributed by atoms with E-state index in [9.17, 15) is 9.90 Å². The highest BCUT2D eigenvalue weighted by Gasteiger charge is 2.23. The highest BCUT2D eigenvalue weighted by molar-refractivity contribution is 14.1. The summed E-state index contributed by atoms with van der Waals surface area (Å²) < 4.78 is 18.7. The molecule has 0 radical (unpaired) electrons. The topological polar surface area (TPSA) is 65.0 Å². The summed E-state index contributed by atoms with van der Waals surface area (Å²) in [6.45, 7) is 1.02. The largest absolute Gasteiger partial charge is 0.507 e. The van der Waals surface area contributed by atoms with E-state index >= 15 is 0 Å². The molecular weight excluding hydrogens is 639 g/mol. The van der Waals surface area contributed by atoms with E-state index in [0.29, 0.717) is 22.5 Å². The lowest BCUT2D eigenvalue weighted by Gasteiger charge is -2.17. The first kappa shape index (κ1) is 29.0. The maximum absolute atomic E-state index is 13.4. The number of halogens is 1. The zero-order valence-corrected chi connectivity index (χ0v) is 24.9. The molecule has 0 aliphatic rings. The molecule has 42 heavy (non-hydrogen) atoms. The van der Waals surface area contributed by atoms with Crippen molar-refractivity contribution in [2.45, 2.75) is 19.8 Å². The number of benzene rings is 5. The Morgan fingerprint density at radius 1 is 0.667 bits per heavy atom. The molecule has 0 unspecified atom stereocenters. The van der Waals surface area contributed by atoms with Gasteiger partial charge in [-0.25, -0.2) is 0 Å². The van der Waals surface area contributed by atoms with Gasteiger partial charge in [-0.1, -0.05) is 109 Å². The zero-order valence-electron chi connectivity index (χ0n) is 22.8. The fourth-order valence-corrected chi connectivity index (χ4v) is 4.95. The summed E-state index contributed by atoms with van der Waals surface area (Å²) in [5, 5.41) is 11.0. The molecule has 0 aliphatic heterocycles. The van der Waals surface area contributed by atoms with Crippen LogP contribution in [0.2, 0.25) is 0 Å². The van der Waals surface area contributed by atoms with Crippen LogP contribution >= 0.6 is 22.6 Å². The second-order valence-electron chi connectivity index (χ2n) is 9.50. The van der Waals surface area contributed by atoms with Crippen LogP contribution in [-0.2, 0) is 19.8 Å². The molecule has 5 rings (SSSR count). The lowest BCUT2D eigenvalue weighted by atomic mass is 10.1. The van der Waals surface area contributed by atoms with Gasteiger partial charge in [-0.05, 0) is 63.1 Å². The molecule has 0 aliphatic carbocycles. The summed E-state index contributed by atoms with van der Waals surface area (Å²) in [5.74, 6) is 0.860. The van der Waals surface area contributed by atoms with Gasteiger partial charge in [-0.3, -0.25) is 4.79 Å². The van der Waals surface area contributed by atoms with Gasteiger partial charge in [-0.2, -0.15) is 0 Å². The van der Waals surface area contributed by atoms with Crippen LogP contribution in [0.15, 0.2) is 127 Å². The molecular formula is C36H29IO5. The third-order valence-electron chi connectivity index (χ3n) is 6.43. The molecule has 0 saturated carbocycles. The molecule has 210 valence electrons. The molecule has 0 aromatic heterocycles. The molecule has 0 saturated heterocycles. The third kappa shape index (κ3) is 7.79. The van der Waals surface area contributed by atoms with Crippen LogP contribution in [0.5, 0.6) is 23.0 Å². The Kier molecular flexibility index (Phi) is 9.90. The highest BCUT2D eigenvalue weighted by Crippen LogP contribution is 2.41. The molecule has 5 aromatic carbocycles. The summed E-state index contributed by atoms with van der Waals surface area (Å²) in [5.41, 5.74) is 3.91. The summed E-state index contributed by atoms with van der Waals surface area (Å²) >= 11 is 2.11. The number of carbonyl (C=O) groups excluding carboxylic acids is 1. The number of phenols is 1. The summed E-state index contributed by atoms with van der Waals surface area (Å²) in [7, 11) is 0. The fraction of sp³-hybridized carbons (Fsp3) is 0.0833. The first-order valence-electron chi connectivity index (χ1n) is 13.4. The van der Waals surface area contributed by atoms with Crippen molar-refractivity contribution in [1.29, 1.82) is 0 Å². The maximum atomic E-state index is 13.4. The van der Waals surface area contributed by atoms with Crippen LogP contribution in [0.4, 0.5) is 0 Å². The van der Waals surface area contributed by atoms with Gasteiger partial charge in [0.25, 0.3) is 0 Å². The number of aromatic hydroxyl groups is 1. The molecule has 0 bridgehead atoms. The zero-order chi connectivity index (χ0) is 29.1. The SMILES string of the molecule is O=C(/C=C/c1ccc(OCc2ccccc2)cc1)c1c(O)cc(OCc2ccccc2)c(I)c1OCc1ccccc1. The highest BCUT2D eigenvalue weighted by atomic mass is 127. The number of carbonyl (C=O) groups is 1. The van der Waals surface area contributed by atoms with Crippen LogP contribution in [0, 0.1) is 3.57 Å². The predicted octanol–water partition coefficient (Wildman–Crippen LogP) is 8.63. The molecule has 0 fully saturated rings. The van der Waals surface area contributed by atoms with Crippen molar-refractivity contribution < 1.29 is 24.1 Å². The second-order valence-corrected chi connectivity index (χ2v) is 10.6. The average molecular weight is 669 g/mol. The van der Waals surface area contributed by atoms with Gasteiger partial charge in [-0.15, -0.1) is 0 Å². The molecule has 0 atom stereocenters. The first-order valence-corrected chi connectivity index (χ1v) is 14.5. The summed E-state index contributed by atoms with van der Waals surface area (Å²) in [6, 6.07) is 38.3. The molecule has 0 amide bonds. The smallest absolute Gasteiger partial charge is 0.193 e. The Balaban J connectivity index is 1.34. The van der Waals surface area contributed by atoms with E-state index in [2.05, 4.69) is 22.6 Å². The van der Waals surface area contributed by atoms with Gasteiger partial charge in [0.2, 0.25) is 0 Å². The average Bonchev–Trinajstić information content (AvgIpc) is 3.04. The Morgan fingerprint density at radius 3 is 1.71 bits per heavy atom. The minimum atomic E-state index is -0.382. The Labute approximate surface area is 259 Å². The number of ether oxygens (including phenoxy) is 3. The van der Waals surface area contributed by atoms with Gasteiger partial charge in [0.05, 0.1) is 3.57 Å². The number of hydrogen-bond donors (Lipinski definition) is 1. The molecule has 1 N–H and O–H groups in total. The second kappa shape index (κ2) is 14.4. The van der Waals surface area contributed by atoms with Crippen LogP contribution < -0.4 is 14.2 Å². The van der Waals surface area contributed by atoms with Gasteiger partial charge in [0.1, 0.15) is 42.6 Å². The third-order valence-corrected chi connectivity index (χ3v) is 7.45. The molecule has 0 heterocycles. The van der Waals surface area contributed by atoms with Crippen LogP contribution in [0.25, 0.3) is 6.08 Å². The first-order chi connectivity index (χ1) is 20.6. The molecule has 6 heteroatoms. The summed E-state index contributed by atoms with van der Waals surface area (Å²) in [6.07, 6.45) is 3.14. The van der Waals surface area contributed by atoms with Crippen LogP contribution in [0.3, 0.4) is 0 Å². The van der Waals surface area contributed by atoms with E-state index in [0.717, 1.165) is 28.0 Å². The molecule has 0 spiro atoms. The lowest BCUT2D eigenvalue weighted by molar-refractivity contribution is 0.104. The van der Waals surface area contributed by atoms with Crippen molar-refractivity contribution in [3.63, 3.8) is 0 Å². The molecule has 5 aromatic rings. The van der Waals surface area contributed by atoms with E-state index in [1.54, 1.807) is 6.08 Å². The number of phenolic OH excluding ortho intramolecular Hbond substituents is 1. The minimum Gasteiger partial charge on any atom is -0.507 e. The van der Waals surface area contributed by atoms with E-state index in [1.807, 2.05) is 115 Å². The van der Waals surface area contributed by atoms with E-state index < -0.39 is 0 Å². The predicted molar refractivity (Wildman–Crippen MR) is 173 cm³/mol. The van der Waals surface area contributed by atoms with Crippen molar-refractivity contribution in [2.75, 3.05) is 0 Å². The van der Waals surface area contributed by atoms with Crippen LogP contribution in [0.1, 0.15) is 32.6 Å². The van der Waals surface area contributed by atoms with Crippen molar-refractivity contribution in [2.24, 2.45) is 0 Å². The van der Waals surface area contributed by atoms with Crippen molar-refractivity contribution >= 4 is 34.5 Å². The van der Waals surface area contributed by atoms with Crippen LogP contribution in [-0.4, -0.2) is 10.9 Å². The standard InChI is InChI=1S/C36H29IO5/c37-35-33(41-24-28-12-6-2-7-13-28)22-32(39)34(36(35)42-25-29-14-8-3-9-15-29)31(38)21-18-26-16-19-30(20-17-26)40-23-27-10-4-1-5-11-27/h1-22,39H,23-25H2/b21-18+. The van der Waals surface area contributed by atoms with Crippen molar-refractivity contribution in [3.05, 3.63) is 159 Å². The quantitative estimate of drug-likeness (QED) is 0.0820. The van der Waals surface area contributed by atoms with Crippen molar-refractivity contribution in [1.82, 2.24) is 0 Å². The number of rotatable bonds is 12. The molecule has 5 nitrogen and oxygen atoms in total. The van der Waals surface area contributed by atoms with E-state index in [1.165, 1.54) is 12.1 Å². The lowest BCUT2D eigenvalue weighted by Crippen LogP contribution is -2.07. The van der Waals surface area contributed by atoms with Gasteiger partial charge in [0, 0.05) is 6.07 Å². The normalized spacial score (nSPS) is 10.9. The van der Waals surface area contributed by atoms with E-state index in [4.69, 9.17) is 14.2 Å². The number of allylic oxidation sites excluding steroid dienone is 1. The number of hydrogen-bond acceptors (Lipinski definition) is 5. The Morgan fingerprint density at radius 2 is 1.17 bits per heavy atom. The fourth-order valence-electron chi connectivity index (χ4n) is 4.21. The minimum absolute atomic E-state index is 0.0847. The van der Waals surface area contributed by atoms with Gasteiger partial charge >= 0.3 is 0 Å². The maximum Gasteiger partial charge on any atom is 0.193 e. The monoisotopic (exact) mass is 668 g/mol. The Hall–Kier alpha value is -4.56. The van der Waals surface area contributed by atoms with Crippen molar-refractivity contribution in [3.8, 4) is 23.0 Å². The Bertz CT molecular complexity index is 1630. The number of ketones is 1. The van der Waals surface area contributed by atoms with Gasteiger partial charge < -0.3 is 19.3 Å². The van der Waals surface area contributed by atoms with Gasteiger partial charge in [0.15, 0.2) is 11.5 Å². The van der Waals surface area contributed by atoms with E-state index in [-0.39, 0.29) is 29.5 Å².